The van der Waals surface area contributed by atoms with E-state index in [1.165, 1.54) is 5.56 Å². The molecule has 0 aliphatic carbocycles. The van der Waals surface area contributed by atoms with Gasteiger partial charge >= 0.3 is 5.97 Å². The van der Waals surface area contributed by atoms with E-state index in [0.29, 0.717) is 19.3 Å². The molecule has 0 spiro atoms. The minimum Gasteiger partial charge on any atom is -0.481 e. The second kappa shape index (κ2) is 8.13. The number of anilines is 1. The molecule has 0 fully saturated rings. The fraction of sp³-hybridized carbons (Fsp3) is 0.263. The summed E-state index contributed by atoms with van der Waals surface area (Å²) in [5.41, 5.74) is 4.03. The molecule has 0 atom stereocenters. The minimum atomic E-state index is -0.807. The first-order chi connectivity index (χ1) is 11.0. The molecule has 120 valence electrons. The summed E-state index contributed by atoms with van der Waals surface area (Å²) in [7, 11) is 0. The van der Waals surface area contributed by atoms with Crippen molar-refractivity contribution >= 4 is 17.6 Å². The van der Waals surface area contributed by atoms with Crippen LogP contribution in [0, 0.1) is 6.92 Å². The summed E-state index contributed by atoms with van der Waals surface area (Å²) in [5, 5.41) is 11.5. The molecular weight excluding hydrogens is 290 g/mol. The lowest BCUT2D eigenvalue weighted by Crippen LogP contribution is -2.12. The van der Waals surface area contributed by atoms with E-state index in [0.717, 1.165) is 16.8 Å². The molecule has 0 saturated heterocycles. The Balaban J connectivity index is 1.81. The van der Waals surface area contributed by atoms with Crippen LogP contribution >= 0.6 is 0 Å². The van der Waals surface area contributed by atoms with E-state index in [4.69, 9.17) is 5.11 Å². The van der Waals surface area contributed by atoms with Crippen LogP contribution < -0.4 is 5.32 Å². The van der Waals surface area contributed by atoms with Crippen molar-refractivity contribution in [3.05, 3.63) is 65.2 Å². The third-order valence-corrected chi connectivity index (χ3v) is 3.59. The van der Waals surface area contributed by atoms with E-state index in [1.54, 1.807) is 0 Å². The van der Waals surface area contributed by atoms with Gasteiger partial charge in [-0.05, 0) is 43.0 Å². The Morgan fingerprint density at radius 1 is 0.957 bits per heavy atom. The first-order valence-electron chi connectivity index (χ1n) is 7.69. The third-order valence-electron chi connectivity index (χ3n) is 3.59. The quantitative estimate of drug-likeness (QED) is 0.821. The van der Waals surface area contributed by atoms with Gasteiger partial charge in [0.05, 0.1) is 0 Å². The number of amides is 1. The Morgan fingerprint density at radius 3 is 2.30 bits per heavy atom. The number of aliphatic carboxylic acids is 1. The smallest absolute Gasteiger partial charge is 0.303 e. The lowest BCUT2D eigenvalue weighted by molar-refractivity contribution is -0.137. The second-order valence-corrected chi connectivity index (χ2v) is 5.63. The zero-order valence-corrected chi connectivity index (χ0v) is 13.2. The number of hydrogen-bond donors (Lipinski definition) is 2. The lowest BCUT2D eigenvalue weighted by Gasteiger charge is -2.07. The Morgan fingerprint density at radius 2 is 1.65 bits per heavy atom. The van der Waals surface area contributed by atoms with Gasteiger partial charge in [-0.15, -0.1) is 0 Å². The number of carboxylic acids is 1. The SMILES string of the molecule is Cc1cccc(CCC(=O)Nc2ccc(CCC(=O)O)cc2)c1. The van der Waals surface area contributed by atoms with Crippen molar-refractivity contribution in [2.24, 2.45) is 0 Å². The number of hydrogen-bond acceptors (Lipinski definition) is 2. The van der Waals surface area contributed by atoms with E-state index >= 15 is 0 Å². The minimum absolute atomic E-state index is 0.0233. The van der Waals surface area contributed by atoms with Crippen LogP contribution in [0.15, 0.2) is 48.5 Å². The van der Waals surface area contributed by atoms with E-state index in [1.807, 2.05) is 49.4 Å². The molecule has 0 radical (unpaired) electrons. The van der Waals surface area contributed by atoms with Gasteiger partial charge in [-0.25, -0.2) is 0 Å². The monoisotopic (exact) mass is 311 g/mol. The maximum absolute atomic E-state index is 12.0. The molecule has 2 aromatic carbocycles. The number of carbonyl (C=O) groups is 2. The highest BCUT2D eigenvalue weighted by molar-refractivity contribution is 5.90. The molecular formula is C19H21NO3. The van der Waals surface area contributed by atoms with Crippen LogP contribution in [-0.4, -0.2) is 17.0 Å². The molecule has 0 heterocycles. The average molecular weight is 311 g/mol. The first-order valence-corrected chi connectivity index (χ1v) is 7.69. The van der Waals surface area contributed by atoms with Gasteiger partial charge in [0.2, 0.25) is 5.91 Å². The predicted molar refractivity (Wildman–Crippen MR) is 90.5 cm³/mol. The van der Waals surface area contributed by atoms with E-state index in [-0.39, 0.29) is 12.3 Å². The molecule has 2 aromatic rings. The van der Waals surface area contributed by atoms with Gasteiger partial charge in [0.25, 0.3) is 0 Å². The summed E-state index contributed by atoms with van der Waals surface area (Å²) >= 11 is 0. The Bertz CT molecular complexity index is 677. The fourth-order valence-corrected chi connectivity index (χ4v) is 2.36. The maximum Gasteiger partial charge on any atom is 0.303 e. The number of aryl methyl sites for hydroxylation is 3. The maximum atomic E-state index is 12.0. The largest absolute Gasteiger partial charge is 0.481 e. The van der Waals surface area contributed by atoms with Crippen LogP contribution in [-0.2, 0) is 22.4 Å². The zero-order valence-electron chi connectivity index (χ0n) is 13.2. The van der Waals surface area contributed by atoms with Crippen molar-refractivity contribution in [3.63, 3.8) is 0 Å². The summed E-state index contributed by atoms with van der Waals surface area (Å²) < 4.78 is 0. The Kier molecular flexibility index (Phi) is 5.92. The molecule has 23 heavy (non-hydrogen) atoms. The highest BCUT2D eigenvalue weighted by atomic mass is 16.4. The van der Waals surface area contributed by atoms with Crippen molar-refractivity contribution in [1.82, 2.24) is 0 Å². The van der Waals surface area contributed by atoms with E-state index in [2.05, 4.69) is 11.4 Å². The highest BCUT2D eigenvalue weighted by Crippen LogP contribution is 2.12. The van der Waals surface area contributed by atoms with E-state index in [9.17, 15) is 9.59 Å². The van der Waals surface area contributed by atoms with Crippen LogP contribution in [0.1, 0.15) is 29.5 Å². The normalized spacial score (nSPS) is 10.3. The van der Waals surface area contributed by atoms with Crippen LogP contribution in [0.4, 0.5) is 5.69 Å². The Hall–Kier alpha value is -2.62. The fourth-order valence-electron chi connectivity index (χ4n) is 2.36. The molecule has 2 rings (SSSR count). The van der Waals surface area contributed by atoms with Crippen molar-refractivity contribution in [2.75, 3.05) is 5.32 Å². The summed E-state index contributed by atoms with van der Waals surface area (Å²) in [6.45, 7) is 2.04. The van der Waals surface area contributed by atoms with Gasteiger partial charge in [0.15, 0.2) is 0 Å². The summed E-state index contributed by atoms with van der Waals surface area (Å²) in [4.78, 5) is 22.5. The summed E-state index contributed by atoms with van der Waals surface area (Å²) in [5.74, 6) is -0.830. The molecule has 0 bridgehead atoms. The number of carbonyl (C=O) groups excluding carboxylic acids is 1. The van der Waals surface area contributed by atoms with E-state index < -0.39 is 5.97 Å². The van der Waals surface area contributed by atoms with Gasteiger partial charge in [-0.1, -0.05) is 42.0 Å². The van der Waals surface area contributed by atoms with Crippen LogP contribution in [0.2, 0.25) is 0 Å². The molecule has 4 heteroatoms. The third kappa shape index (κ3) is 5.94. The van der Waals surface area contributed by atoms with Crippen molar-refractivity contribution in [2.45, 2.75) is 32.6 Å². The summed E-state index contributed by atoms with van der Waals surface area (Å²) in [6.07, 6.45) is 1.76. The van der Waals surface area contributed by atoms with Gasteiger partial charge < -0.3 is 10.4 Å². The molecule has 0 aliphatic heterocycles. The van der Waals surface area contributed by atoms with Gasteiger partial charge in [-0.3, -0.25) is 9.59 Å². The van der Waals surface area contributed by atoms with Crippen LogP contribution in [0.5, 0.6) is 0 Å². The molecule has 4 nitrogen and oxygen atoms in total. The molecule has 0 saturated carbocycles. The Labute approximate surface area is 136 Å². The van der Waals surface area contributed by atoms with Crippen molar-refractivity contribution < 1.29 is 14.7 Å². The molecule has 0 aromatic heterocycles. The van der Waals surface area contributed by atoms with Crippen molar-refractivity contribution in [1.29, 1.82) is 0 Å². The lowest BCUT2D eigenvalue weighted by atomic mass is 10.1. The van der Waals surface area contributed by atoms with Crippen LogP contribution in [0.3, 0.4) is 0 Å². The average Bonchev–Trinajstić information content (AvgIpc) is 2.52. The van der Waals surface area contributed by atoms with Gasteiger partial charge in [0.1, 0.15) is 0 Å². The zero-order chi connectivity index (χ0) is 16.7. The molecule has 0 aliphatic rings. The van der Waals surface area contributed by atoms with Crippen molar-refractivity contribution in [3.8, 4) is 0 Å². The highest BCUT2D eigenvalue weighted by Gasteiger charge is 2.04. The topological polar surface area (TPSA) is 66.4 Å². The number of nitrogens with one attached hydrogen (secondary N) is 1. The molecule has 1 amide bonds. The van der Waals surface area contributed by atoms with Gasteiger partial charge in [-0.2, -0.15) is 0 Å². The van der Waals surface area contributed by atoms with Gasteiger partial charge in [0, 0.05) is 18.5 Å². The standard InChI is InChI=1S/C19H21NO3/c1-14-3-2-4-16(13-14)7-11-18(21)20-17-9-5-15(6-10-17)8-12-19(22)23/h2-6,9-10,13H,7-8,11-12H2,1H3,(H,20,21)(H,22,23). The number of benzene rings is 2. The first kappa shape index (κ1) is 16.7. The number of carboxylic acid groups (broad SMARTS) is 1. The summed E-state index contributed by atoms with van der Waals surface area (Å²) in [6, 6.07) is 15.5. The predicted octanol–water partition coefficient (Wildman–Crippen LogP) is 3.58. The molecule has 0 unspecified atom stereocenters. The number of rotatable bonds is 7. The van der Waals surface area contributed by atoms with Crippen LogP contribution in [0.25, 0.3) is 0 Å². The molecule has 2 N–H and O–H groups in total. The second-order valence-electron chi connectivity index (χ2n) is 5.63.